The summed E-state index contributed by atoms with van der Waals surface area (Å²) in [5.41, 5.74) is 6.21. The Hall–Kier alpha value is -0.870. The lowest BCUT2D eigenvalue weighted by Gasteiger charge is -2.33. The third-order valence-electron chi connectivity index (χ3n) is 3.29. The monoisotopic (exact) mass is 223 g/mol. The van der Waals surface area contributed by atoms with E-state index in [0.717, 1.165) is 26.0 Å². The number of aromatic nitrogens is 2. The van der Waals surface area contributed by atoms with Crippen LogP contribution in [-0.4, -0.2) is 28.3 Å². The smallest absolute Gasteiger partial charge is 0.0946 e. The van der Waals surface area contributed by atoms with Crippen LogP contribution in [0, 0.1) is 0 Å². The lowest BCUT2D eigenvalue weighted by atomic mass is 9.83. The Balaban J connectivity index is 1.63. The molecule has 1 fully saturated rings. The fourth-order valence-corrected chi connectivity index (χ4v) is 2.26. The van der Waals surface area contributed by atoms with E-state index in [9.17, 15) is 0 Å². The number of nitrogens with zero attached hydrogens (tertiary/aromatic N) is 2. The number of imidazole rings is 1. The molecule has 0 saturated heterocycles. The number of hydrogen-bond donors (Lipinski definition) is 1. The van der Waals surface area contributed by atoms with Gasteiger partial charge in [0.1, 0.15) is 0 Å². The van der Waals surface area contributed by atoms with Crippen LogP contribution in [0.1, 0.15) is 32.1 Å². The van der Waals surface area contributed by atoms with Crippen molar-refractivity contribution in [1.82, 2.24) is 9.55 Å². The highest BCUT2D eigenvalue weighted by atomic mass is 16.5. The maximum absolute atomic E-state index is 6.27. The SMILES string of the molecule is NC1(COCCn2ccnc2)CCCCC1. The summed E-state index contributed by atoms with van der Waals surface area (Å²) in [5.74, 6) is 0. The third-order valence-corrected chi connectivity index (χ3v) is 3.29. The highest BCUT2D eigenvalue weighted by Gasteiger charge is 2.27. The molecule has 0 aliphatic heterocycles. The second kappa shape index (κ2) is 5.46. The minimum atomic E-state index is -0.0623. The molecule has 0 atom stereocenters. The van der Waals surface area contributed by atoms with Crippen LogP contribution in [0.4, 0.5) is 0 Å². The van der Waals surface area contributed by atoms with Gasteiger partial charge >= 0.3 is 0 Å². The van der Waals surface area contributed by atoms with Gasteiger partial charge in [0.25, 0.3) is 0 Å². The summed E-state index contributed by atoms with van der Waals surface area (Å²) < 4.78 is 7.69. The van der Waals surface area contributed by atoms with E-state index in [1.165, 1.54) is 19.3 Å². The molecule has 1 heterocycles. The van der Waals surface area contributed by atoms with Gasteiger partial charge in [0.05, 0.1) is 19.5 Å². The van der Waals surface area contributed by atoms with Crippen LogP contribution in [0.3, 0.4) is 0 Å². The van der Waals surface area contributed by atoms with E-state index in [-0.39, 0.29) is 5.54 Å². The molecule has 4 heteroatoms. The van der Waals surface area contributed by atoms with Gasteiger partial charge in [-0.05, 0) is 12.8 Å². The molecule has 0 unspecified atom stereocenters. The number of ether oxygens (including phenoxy) is 1. The van der Waals surface area contributed by atoms with E-state index in [1.54, 1.807) is 6.20 Å². The van der Waals surface area contributed by atoms with Crippen molar-refractivity contribution in [3.63, 3.8) is 0 Å². The Morgan fingerprint density at radius 1 is 1.31 bits per heavy atom. The van der Waals surface area contributed by atoms with Crippen LogP contribution in [0.25, 0.3) is 0 Å². The number of rotatable bonds is 5. The quantitative estimate of drug-likeness (QED) is 0.771. The summed E-state index contributed by atoms with van der Waals surface area (Å²) in [7, 11) is 0. The van der Waals surface area contributed by atoms with Gasteiger partial charge in [0.15, 0.2) is 0 Å². The summed E-state index contributed by atoms with van der Waals surface area (Å²) in [4.78, 5) is 3.99. The van der Waals surface area contributed by atoms with Crippen molar-refractivity contribution < 1.29 is 4.74 Å². The Kier molecular flexibility index (Phi) is 3.96. The van der Waals surface area contributed by atoms with Crippen molar-refractivity contribution in [2.75, 3.05) is 13.2 Å². The summed E-state index contributed by atoms with van der Waals surface area (Å²) in [6, 6.07) is 0. The van der Waals surface area contributed by atoms with E-state index in [4.69, 9.17) is 10.5 Å². The molecule has 0 aromatic carbocycles. The van der Waals surface area contributed by atoms with E-state index in [1.807, 2.05) is 17.1 Å². The van der Waals surface area contributed by atoms with Crippen molar-refractivity contribution in [3.05, 3.63) is 18.7 Å². The summed E-state index contributed by atoms with van der Waals surface area (Å²) in [6.07, 6.45) is 11.6. The molecular weight excluding hydrogens is 202 g/mol. The topological polar surface area (TPSA) is 53.1 Å². The first-order chi connectivity index (χ1) is 7.79. The van der Waals surface area contributed by atoms with Crippen LogP contribution in [-0.2, 0) is 11.3 Å². The van der Waals surface area contributed by atoms with E-state index >= 15 is 0 Å². The third kappa shape index (κ3) is 3.32. The molecule has 0 spiro atoms. The van der Waals surface area contributed by atoms with Gasteiger partial charge in [-0.15, -0.1) is 0 Å². The first-order valence-corrected chi connectivity index (χ1v) is 6.11. The van der Waals surface area contributed by atoms with Gasteiger partial charge in [-0.1, -0.05) is 19.3 Å². The lowest BCUT2D eigenvalue weighted by molar-refractivity contribution is 0.0632. The largest absolute Gasteiger partial charge is 0.378 e. The predicted molar refractivity (Wildman–Crippen MR) is 63.0 cm³/mol. The maximum Gasteiger partial charge on any atom is 0.0946 e. The van der Waals surface area contributed by atoms with Crippen LogP contribution >= 0.6 is 0 Å². The minimum Gasteiger partial charge on any atom is -0.378 e. The molecule has 1 aliphatic rings. The second-order valence-corrected chi connectivity index (χ2v) is 4.78. The zero-order valence-electron chi connectivity index (χ0n) is 9.77. The Morgan fingerprint density at radius 2 is 2.12 bits per heavy atom. The molecule has 16 heavy (non-hydrogen) atoms. The Morgan fingerprint density at radius 3 is 2.81 bits per heavy atom. The molecule has 1 aromatic heterocycles. The molecule has 0 radical (unpaired) electrons. The standard InChI is InChI=1S/C12H21N3O/c13-12(4-2-1-3-5-12)10-16-9-8-15-7-6-14-11-15/h6-7,11H,1-5,8-10,13H2. The molecule has 2 rings (SSSR count). The van der Waals surface area contributed by atoms with Crippen molar-refractivity contribution in [2.45, 2.75) is 44.2 Å². The highest BCUT2D eigenvalue weighted by molar-refractivity contribution is 4.87. The maximum atomic E-state index is 6.27. The normalized spacial score (nSPS) is 19.8. The van der Waals surface area contributed by atoms with E-state index in [0.29, 0.717) is 6.61 Å². The van der Waals surface area contributed by atoms with Gasteiger partial charge in [-0.3, -0.25) is 0 Å². The Labute approximate surface area is 96.8 Å². The molecule has 1 aliphatic carbocycles. The first kappa shape index (κ1) is 11.6. The van der Waals surface area contributed by atoms with Crippen molar-refractivity contribution >= 4 is 0 Å². The van der Waals surface area contributed by atoms with Gasteiger partial charge in [-0.25, -0.2) is 4.98 Å². The molecule has 0 amide bonds. The fraction of sp³-hybridized carbons (Fsp3) is 0.750. The van der Waals surface area contributed by atoms with Crippen LogP contribution in [0.5, 0.6) is 0 Å². The highest BCUT2D eigenvalue weighted by Crippen LogP contribution is 2.25. The van der Waals surface area contributed by atoms with Gasteiger partial charge in [0.2, 0.25) is 0 Å². The van der Waals surface area contributed by atoms with Gasteiger partial charge < -0.3 is 15.0 Å². The molecule has 4 nitrogen and oxygen atoms in total. The lowest BCUT2D eigenvalue weighted by Crippen LogP contribution is -2.46. The summed E-state index contributed by atoms with van der Waals surface area (Å²) in [5, 5.41) is 0. The first-order valence-electron chi connectivity index (χ1n) is 6.11. The second-order valence-electron chi connectivity index (χ2n) is 4.78. The van der Waals surface area contributed by atoms with Crippen LogP contribution in [0.15, 0.2) is 18.7 Å². The van der Waals surface area contributed by atoms with Gasteiger partial charge in [-0.2, -0.15) is 0 Å². The van der Waals surface area contributed by atoms with Crippen LogP contribution < -0.4 is 5.73 Å². The van der Waals surface area contributed by atoms with Gasteiger partial charge in [0, 0.05) is 24.5 Å². The number of hydrogen-bond acceptors (Lipinski definition) is 3. The Bertz CT molecular complexity index is 291. The van der Waals surface area contributed by atoms with Crippen molar-refractivity contribution in [1.29, 1.82) is 0 Å². The summed E-state index contributed by atoms with van der Waals surface area (Å²) >= 11 is 0. The molecule has 0 bridgehead atoms. The average molecular weight is 223 g/mol. The zero-order chi connectivity index (χ0) is 11.3. The molecule has 2 N–H and O–H groups in total. The van der Waals surface area contributed by atoms with E-state index in [2.05, 4.69) is 4.98 Å². The molecular formula is C12H21N3O. The fourth-order valence-electron chi connectivity index (χ4n) is 2.26. The minimum absolute atomic E-state index is 0.0623. The van der Waals surface area contributed by atoms with E-state index < -0.39 is 0 Å². The summed E-state index contributed by atoms with van der Waals surface area (Å²) in [6.45, 7) is 2.27. The molecule has 1 aromatic rings. The average Bonchev–Trinajstić information content (AvgIpc) is 2.78. The number of nitrogens with two attached hydrogens (primary N) is 1. The van der Waals surface area contributed by atoms with Crippen LogP contribution in [0.2, 0.25) is 0 Å². The molecule has 90 valence electrons. The van der Waals surface area contributed by atoms with Crippen molar-refractivity contribution in [2.24, 2.45) is 5.73 Å². The predicted octanol–water partition coefficient (Wildman–Crippen LogP) is 1.56. The zero-order valence-corrected chi connectivity index (χ0v) is 9.77. The molecule has 1 saturated carbocycles. The van der Waals surface area contributed by atoms with Crippen molar-refractivity contribution in [3.8, 4) is 0 Å².